The summed E-state index contributed by atoms with van der Waals surface area (Å²) in [6.45, 7) is 3.56. The third-order valence-electron chi connectivity index (χ3n) is 3.56. The van der Waals surface area contributed by atoms with Gasteiger partial charge in [-0.3, -0.25) is 4.79 Å². The van der Waals surface area contributed by atoms with Crippen LogP contribution in [0.3, 0.4) is 0 Å². The summed E-state index contributed by atoms with van der Waals surface area (Å²) in [7, 11) is 1.53. The van der Waals surface area contributed by atoms with E-state index in [1.165, 1.54) is 18.9 Å². The van der Waals surface area contributed by atoms with Crippen molar-refractivity contribution in [2.45, 2.75) is 24.3 Å². The van der Waals surface area contributed by atoms with Crippen LogP contribution < -0.4 is 10.1 Å². The van der Waals surface area contributed by atoms with Crippen LogP contribution in [0.2, 0.25) is 5.02 Å². The number of carbonyl (C=O) groups excluding carboxylic acids is 1. The highest BCUT2D eigenvalue weighted by Gasteiger charge is 2.20. The number of rotatable bonds is 6. The van der Waals surface area contributed by atoms with Gasteiger partial charge >= 0.3 is 0 Å². The average molecular weight is 394 g/mol. The minimum absolute atomic E-state index is 0.213. The largest absolute Gasteiger partial charge is 0.495 e. The molecule has 1 atom stereocenters. The molecular weight excluding hydrogens is 378 g/mol. The van der Waals surface area contributed by atoms with E-state index in [4.69, 9.17) is 25.2 Å². The summed E-state index contributed by atoms with van der Waals surface area (Å²) in [6.07, 6.45) is 1.55. The number of methoxy groups -OCH3 is 1. The minimum Gasteiger partial charge on any atom is -0.495 e. The third-order valence-corrected chi connectivity index (χ3v) is 4.79. The van der Waals surface area contributed by atoms with Crippen molar-refractivity contribution in [3.63, 3.8) is 0 Å². The molecule has 9 heteroatoms. The van der Waals surface area contributed by atoms with Crippen LogP contribution in [-0.2, 0) is 4.79 Å². The van der Waals surface area contributed by atoms with Gasteiger partial charge in [0.2, 0.25) is 5.91 Å². The number of furan rings is 1. The summed E-state index contributed by atoms with van der Waals surface area (Å²) < 4.78 is 15.9. The van der Waals surface area contributed by atoms with Gasteiger partial charge in [0, 0.05) is 5.69 Å². The number of anilines is 1. The summed E-state index contributed by atoms with van der Waals surface area (Å²) in [6, 6.07) is 6.78. The number of carbonyl (C=O) groups is 1. The lowest BCUT2D eigenvalue weighted by Crippen LogP contribution is -2.22. The molecule has 0 saturated heterocycles. The van der Waals surface area contributed by atoms with Crippen LogP contribution in [0.4, 0.5) is 5.69 Å². The normalized spacial score (nSPS) is 12.0. The second-order valence-corrected chi connectivity index (χ2v) is 7.06. The standard InChI is InChI=1S/C17H16ClN3O4S/c1-9-12(6-7-24-9)16-20-21-17(25-16)26-10(2)15(22)19-11-4-5-14(23-3)13(18)8-11/h4-8,10H,1-3H3,(H,19,22)/t10-/m1/s1. The fourth-order valence-electron chi connectivity index (χ4n) is 2.17. The van der Waals surface area contributed by atoms with E-state index in [1.54, 1.807) is 37.5 Å². The van der Waals surface area contributed by atoms with Gasteiger partial charge in [0.25, 0.3) is 11.1 Å². The smallest absolute Gasteiger partial charge is 0.277 e. The number of aromatic nitrogens is 2. The molecular formula is C17H16ClN3O4S. The summed E-state index contributed by atoms with van der Waals surface area (Å²) >= 11 is 7.23. The molecule has 26 heavy (non-hydrogen) atoms. The van der Waals surface area contributed by atoms with Crippen molar-refractivity contribution in [2.75, 3.05) is 12.4 Å². The molecule has 1 N–H and O–H groups in total. The van der Waals surface area contributed by atoms with Gasteiger partial charge in [-0.05, 0) is 38.1 Å². The van der Waals surface area contributed by atoms with Crippen LogP contribution in [0.5, 0.6) is 5.75 Å². The molecule has 0 bridgehead atoms. The Balaban J connectivity index is 1.63. The Hall–Kier alpha value is -2.45. The molecule has 0 aliphatic heterocycles. The zero-order valence-electron chi connectivity index (χ0n) is 14.3. The molecule has 2 aromatic heterocycles. The predicted octanol–water partition coefficient (Wildman–Crippen LogP) is 4.42. The first-order valence-electron chi connectivity index (χ1n) is 7.67. The van der Waals surface area contributed by atoms with Crippen molar-refractivity contribution in [2.24, 2.45) is 0 Å². The molecule has 3 aromatic rings. The minimum atomic E-state index is -0.449. The monoisotopic (exact) mass is 393 g/mol. The maximum atomic E-state index is 12.4. The van der Waals surface area contributed by atoms with E-state index in [0.717, 1.165) is 5.56 Å². The summed E-state index contributed by atoms with van der Waals surface area (Å²) in [5.74, 6) is 1.37. The van der Waals surface area contributed by atoms with Gasteiger partial charge < -0.3 is 18.9 Å². The first-order chi connectivity index (χ1) is 12.5. The van der Waals surface area contributed by atoms with Crippen molar-refractivity contribution in [1.29, 1.82) is 0 Å². The Morgan fingerprint density at radius 2 is 2.15 bits per heavy atom. The van der Waals surface area contributed by atoms with E-state index in [-0.39, 0.29) is 5.91 Å². The fraction of sp³-hybridized carbons (Fsp3) is 0.235. The highest BCUT2D eigenvalue weighted by molar-refractivity contribution is 8.00. The quantitative estimate of drug-likeness (QED) is 0.620. The number of benzene rings is 1. The van der Waals surface area contributed by atoms with Crippen molar-refractivity contribution in [1.82, 2.24) is 10.2 Å². The number of halogens is 1. The molecule has 0 aliphatic carbocycles. The molecule has 0 unspecified atom stereocenters. The lowest BCUT2D eigenvalue weighted by atomic mass is 10.3. The van der Waals surface area contributed by atoms with Crippen LogP contribution in [0.15, 0.2) is 44.6 Å². The van der Waals surface area contributed by atoms with Gasteiger partial charge in [-0.1, -0.05) is 23.4 Å². The molecule has 7 nitrogen and oxygen atoms in total. The Labute approximate surface area is 159 Å². The van der Waals surface area contributed by atoms with Crippen molar-refractivity contribution < 1.29 is 18.4 Å². The average Bonchev–Trinajstić information content (AvgIpc) is 3.23. The molecule has 1 amide bonds. The second-order valence-electron chi connectivity index (χ2n) is 5.36. The van der Waals surface area contributed by atoms with Gasteiger partial charge in [-0.25, -0.2) is 0 Å². The maximum absolute atomic E-state index is 12.4. The molecule has 0 radical (unpaired) electrons. The van der Waals surface area contributed by atoms with Crippen LogP contribution >= 0.6 is 23.4 Å². The van der Waals surface area contributed by atoms with E-state index in [9.17, 15) is 4.79 Å². The fourth-order valence-corrected chi connectivity index (χ4v) is 3.11. The highest BCUT2D eigenvalue weighted by Crippen LogP contribution is 2.30. The second kappa shape index (κ2) is 7.84. The number of hydrogen-bond acceptors (Lipinski definition) is 7. The number of thioether (sulfide) groups is 1. The number of hydrogen-bond donors (Lipinski definition) is 1. The van der Waals surface area contributed by atoms with E-state index in [1.807, 2.05) is 6.92 Å². The van der Waals surface area contributed by atoms with Crippen molar-refractivity contribution in [3.8, 4) is 17.2 Å². The zero-order chi connectivity index (χ0) is 18.7. The summed E-state index contributed by atoms with van der Waals surface area (Å²) in [5, 5.41) is 11.0. The number of nitrogens with zero attached hydrogens (tertiary/aromatic N) is 2. The predicted molar refractivity (Wildman–Crippen MR) is 98.7 cm³/mol. The van der Waals surface area contributed by atoms with E-state index in [0.29, 0.717) is 33.3 Å². The summed E-state index contributed by atoms with van der Waals surface area (Å²) in [5.41, 5.74) is 1.31. The molecule has 0 fully saturated rings. The number of nitrogens with one attached hydrogen (secondary N) is 1. The first kappa shape index (κ1) is 18.3. The lowest BCUT2D eigenvalue weighted by Gasteiger charge is -2.11. The topological polar surface area (TPSA) is 90.4 Å². The Morgan fingerprint density at radius 1 is 1.35 bits per heavy atom. The first-order valence-corrected chi connectivity index (χ1v) is 8.92. The van der Waals surface area contributed by atoms with Crippen molar-refractivity contribution in [3.05, 3.63) is 41.3 Å². The number of aryl methyl sites for hydroxylation is 1. The van der Waals surface area contributed by atoms with Crippen LogP contribution in [0, 0.1) is 6.92 Å². The van der Waals surface area contributed by atoms with Gasteiger partial charge in [0.05, 0.1) is 29.2 Å². The van der Waals surface area contributed by atoms with Crippen LogP contribution in [0.25, 0.3) is 11.5 Å². The van der Waals surface area contributed by atoms with Gasteiger partial charge in [0.15, 0.2) is 0 Å². The van der Waals surface area contributed by atoms with Gasteiger partial charge in [-0.2, -0.15) is 0 Å². The zero-order valence-corrected chi connectivity index (χ0v) is 15.9. The maximum Gasteiger partial charge on any atom is 0.277 e. The molecule has 2 heterocycles. The molecule has 0 aliphatic rings. The third kappa shape index (κ3) is 4.03. The molecule has 3 rings (SSSR count). The Bertz CT molecular complexity index is 924. The number of amides is 1. The van der Waals surface area contributed by atoms with Crippen LogP contribution in [0.1, 0.15) is 12.7 Å². The Morgan fingerprint density at radius 3 is 2.81 bits per heavy atom. The van der Waals surface area contributed by atoms with E-state index < -0.39 is 5.25 Å². The summed E-state index contributed by atoms with van der Waals surface area (Å²) in [4.78, 5) is 12.4. The lowest BCUT2D eigenvalue weighted by molar-refractivity contribution is -0.115. The van der Waals surface area contributed by atoms with Crippen LogP contribution in [-0.4, -0.2) is 28.5 Å². The number of ether oxygens (including phenoxy) is 1. The highest BCUT2D eigenvalue weighted by atomic mass is 35.5. The molecule has 136 valence electrons. The van der Waals surface area contributed by atoms with Crippen molar-refractivity contribution >= 4 is 35.0 Å². The van der Waals surface area contributed by atoms with E-state index >= 15 is 0 Å². The molecule has 0 saturated carbocycles. The Kier molecular flexibility index (Phi) is 5.53. The molecule has 1 aromatic carbocycles. The molecule has 0 spiro atoms. The van der Waals surface area contributed by atoms with E-state index in [2.05, 4.69) is 15.5 Å². The SMILES string of the molecule is COc1ccc(NC(=O)[C@@H](C)Sc2nnc(-c3ccoc3C)o2)cc1Cl. The van der Waals surface area contributed by atoms with Gasteiger partial charge in [0.1, 0.15) is 11.5 Å². The van der Waals surface area contributed by atoms with Gasteiger partial charge in [-0.15, -0.1) is 10.2 Å².